The Morgan fingerprint density at radius 3 is 2.94 bits per heavy atom. The molecule has 1 amide bonds. The minimum atomic E-state index is -0.0204. The van der Waals surface area contributed by atoms with Crippen molar-refractivity contribution in [3.63, 3.8) is 0 Å². The molecule has 0 aliphatic rings. The second-order valence-electron chi connectivity index (χ2n) is 4.00. The first-order valence-electron chi connectivity index (χ1n) is 6.06. The molecule has 0 saturated heterocycles. The molecule has 18 heavy (non-hydrogen) atoms. The maximum absolute atomic E-state index is 11.7. The van der Waals surface area contributed by atoms with E-state index in [-0.39, 0.29) is 5.91 Å². The molecule has 1 aromatic carbocycles. The van der Waals surface area contributed by atoms with E-state index >= 15 is 0 Å². The van der Waals surface area contributed by atoms with Crippen molar-refractivity contribution in [1.29, 1.82) is 0 Å². The summed E-state index contributed by atoms with van der Waals surface area (Å²) in [5, 5.41) is 3.35. The largest absolute Gasteiger partial charge is 0.397 e. The molecule has 3 nitrogen and oxygen atoms in total. The maximum Gasteiger partial charge on any atom is 0.225 e. The Balaban J connectivity index is 2.33. The van der Waals surface area contributed by atoms with Gasteiger partial charge in [0.15, 0.2) is 0 Å². The van der Waals surface area contributed by atoms with Gasteiger partial charge >= 0.3 is 0 Å². The lowest BCUT2D eigenvalue weighted by Gasteiger charge is -2.08. The molecule has 0 aromatic heterocycles. The van der Waals surface area contributed by atoms with Crippen LogP contribution in [0.3, 0.4) is 0 Å². The Bertz CT molecular complexity index is 399. The summed E-state index contributed by atoms with van der Waals surface area (Å²) >= 11 is 7.66. The monoisotopic (exact) mass is 286 g/mol. The molecular weight excluding hydrogens is 268 g/mol. The van der Waals surface area contributed by atoms with E-state index in [0.717, 1.165) is 11.5 Å². The van der Waals surface area contributed by atoms with Gasteiger partial charge in [-0.15, -0.1) is 0 Å². The summed E-state index contributed by atoms with van der Waals surface area (Å²) in [4.78, 5) is 11.7. The Kier molecular flexibility index (Phi) is 6.98. The van der Waals surface area contributed by atoms with Crippen LogP contribution in [0.1, 0.15) is 26.2 Å². The molecule has 0 atom stereocenters. The number of amides is 1. The number of halogens is 1. The van der Waals surface area contributed by atoms with E-state index < -0.39 is 0 Å². The highest BCUT2D eigenvalue weighted by atomic mass is 35.5. The van der Waals surface area contributed by atoms with Gasteiger partial charge in [-0.25, -0.2) is 0 Å². The molecule has 0 bridgehead atoms. The third-order valence-corrected chi connectivity index (χ3v) is 3.71. The number of anilines is 2. The van der Waals surface area contributed by atoms with Crippen molar-refractivity contribution in [2.45, 2.75) is 26.2 Å². The van der Waals surface area contributed by atoms with E-state index in [4.69, 9.17) is 17.3 Å². The highest BCUT2D eigenvalue weighted by molar-refractivity contribution is 7.99. The molecular formula is C13H19ClN2OS. The number of carbonyl (C=O) groups excluding carboxylic acids is 1. The summed E-state index contributed by atoms with van der Waals surface area (Å²) in [6, 6.07) is 5.06. The summed E-state index contributed by atoms with van der Waals surface area (Å²) in [7, 11) is 0. The summed E-state index contributed by atoms with van der Waals surface area (Å²) in [5.74, 6) is 1.93. The fraction of sp³-hybridized carbons (Fsp3) is 0.462. The number of nitrogen functional groups attached to an aromatic ring is 1. The number of rotatable bonds is 7. The minimum absolute atomic E-state index is 0.0204. The van der Waals surface area contributed by atoms with Crippen LogP contribution in [0.2, 0.25) is 5.02 Å². The second-order valence-corrected chi connectivity index (χ2v) is 5.66. The molecule has 1 aromatic rings. The van der Waals surface area contributed by atoms with Crippen molar-refractivity contribution in [2.75, 3.05) is 22.6 Å². The Hall–Kier alpha value is -0.870. The lowest BCUT2D eigenvalue weighted by Crippen LogP contribution is -2.13. The number of hydrogen-bond acceptors (Lipinski definition) is 3. The summed E-state index contributed by atoms with van der Waals surface area (Å²) < 4.78 is 0. The number of benzene rings is 1. The smallest absolute Gasteiger partial charge is 0.225 e. The van der Waals surface area contributed by atoms with Crippen molar-refractivity contribution < 1.29 is 4.79 Å². The van der Waals surface area contributed by atoms with Crippen LogP contribution in [0, 0.1) is 0 Å². The quantitative estimate of drug-likeness (QED) is 0.592. The van der Waals surface area contributed by atoms with E-state index in [0.29, 0.717) is 22.8 Å². The van der Waals surface area contributed by atoms with E-state index in [1.807, 2.05) is 0 Å². The average Bonchev–Trinajstić information content (AvgIpc) is 2.33. The molecule has 0 radical (unpaired) electrons. The Morgan fingerprint density at radius 1 is 1.44 bits per heavy atom. The van der Waals surface area contributed by atoms with Gasteiger partial charge in [-0.05, 0) is 30.4 Å². The molecule has 0 saturated carbocycles. The number of carbonyl (C=O) groups is 1. The first kappa shape index (κ1) is 15.2. The van der Waals surface area contributed by atoms with Crippen LogP contribution >= 0.6 is 23.4 Å². The third-order valence-electron chi connectivity index (χ3n) is 2.41. The van der Waals surface area contributed by atoms with Crippen molar-refractivity contribution >= 4 is 40.6 Å². The fourth-order valence-corrected chi connectivity index (χ4v) is 2.56. The van der Waals surface area contributed by atoms with Crippen molar-refractivity contribution in [3.8, 4) is 0 Å². The SMILES string of the molecule is CCCCSCCC(=O)Nc1cc(Cl)ccc1N. The molecule has 0 aliphatic heterocycles. The molecule has 0 spiro atoms. The van der Waals surface area contributed by atoms with Gasteiger partial charge in [-0.1, -0.05) is 24.9 Å². The number of hydrogen-bond donors (Lipinski definition) is 2. The molecule has 0 aliphatic carbocycles. The number of unbranched alkanes of at least 4 members (excludes halogenated alkanes) is 1. The maximum atomic E-state index is 11.7. The van der Waals surface area contributed by atoms with E-state index in [1.165, 1.54) is 12.8 Å². The van der Waals surface area contributed by atoms with E-state index in [2.05, 4.69) is 12.2 Å². The third kappa shape index (κ3) is 5.65. The van der Waals surface area contributed by atoms with Gasteiger partial charge in [-0.3, -0.25) is 4.79 Å². The van der Waals surface area contributed by atoms with Gasteiger partial charge < -0.3 is 11.1 Å². The summed E-state index contributed by atoms with van der Waals surface area (Å²) in [6.07, 6.45) is 2.89. The van der Waals surface area contributed by atoms with Crippen molar-refractivity contribution in [2.24, 2.45) is 0 Å². The zero-order chi connectivity index (χ0) is 13.4. The summed E-state index contributed by atoms with van der Waals surface area (Å²) in [6.45, 7) is 2.16. The first-order valence-corrected chi connectivity index (χ1v) is 7.59. The van der Waals surface area contributed by atoms with Crippen LogP contribution in [0.25, 0.3) is 0 Å². The topological polar surface area (TPSA) is 55.1 Å². The van der Waals surface area contributed by atoms with Gasteiger partial charge in [-0.2, -0.15) is 11.8 Å². The Labute approximate surface area is 117 Å². The van der Waals surface area contributed by atoms with Crippen LogP contribution in [0.15, 0.2) is 18.2 Å². The fourth-order valence-electron chi connectivity index (χ4n) is 1.36. The molecule has 3 N–H and O–H groups in total. The predicted octanol–water partition coefficient (Wildman–Crippen LogP) is 3.78. The molecule has 100 valence electrons. The predicted molar refractivity (Wildman–Crippen MR) is 81.3 cm³/mol. The van der Waals surface area contributed by atoms with Crippen LogP contribution in [-0.2, 0) is 4.79 Å². The summed E-state index contributed by atoms with van der Waals surface area (Å²) in [5.41, 5.74) is 6.88. The normalized spacial score (nSPS) is 10.3. The van der Waals surface area contributed by atoms with Gasteiger partial charge in [0.1, 0.15) is 0 Å². The lowest BCUT2D eigenvalue weighted by molar-refractivity contribution is -0.115. The molecule has 0 heterocycles. The average molecular weight is 287 g/mol. The highest BCUT2D eigenvalue weighted by Gasteiger charge is 2.05. The van der Waals surface area contributed by atoms with Crippen LogP contribution in [0.5, 0.6) is 0 Å². The van der Waals surface area contributed by atoms with E-state index in [1.54, 1.807) is 30.0 Å². The zero-order valence-electron chi connectivity index (χ0n) is 10.5. The zero-order valence-corrected chi connectivity index (χ0v) is 12.1. The Morgan fingerprint density at radius 2 is 2.22 bits per heavy atom. The molecule has 5 heteroatoms. The van der Waals surface area contributed by atoms with Crippen LogP contribution in [-0.4, -0.2) is 17.4 Å². The minimum Gasteiger partial charge on any atom is -0.397 e. The van der Waals surface area contributed by atoms with Gasteiger partial charge in [0.25, 0.3) is 0 Å². The lowest BCUT2D eigenvalue weighted by atomic mass is 10.2. The molecule has 1 rings (SSSR count). The standard InChI is InChI=1S/C13H19ClN2OS/c1-2-3-7-18-8-6-13(17)16-12-9-10(14)4-5-11(12)15/h4-5,9H,2-3,6-8,15H2,1H3,(H,16,17). The molecule has 0 unspecified atom stereocenters. The number of thioether (sulfide) groups is 1. The van der Waals surface area contributed by atoms with Crippen molar-refractivity contribution in [3.05, 3.63) is 23.2 Å². The van der Waals surface area contributed by atoms with Crippen LogP contribution in [0.4, 0.5) is 11.4 Å². The number of nitrogens with one attached hydrogen (secondary N) is 1. The van der Waals surface area contributed by atoms with Crippen LogP contribution < -0.4 is 11.1 Å². The van der Waals surface area contributed by atoms with Gasteiger partial charge in [0, 0.05) is 17.2 Å². The van der Waals surface area contributed by atoms with Gasteiger partial charge in [0.2, 0.25) is 5.91 Å². The van der Waals surface area contributed by atoms with Gasteiger partial charge in [0.05, 0.1) is 11.4 Å². The highest BCUT2D eigenvalue weighted by Crippen LogP contribution is 2.23. The second kappa shape index (κ2) is 8.27. The first-order chi connectivity index (χ1) is 8.63. The van der Waals surface area contributed by atoms with E-state index in [9.17, 15) is 4.79 Å². The van der Waals surface area contributed by atoms with Crippen molar-refractivity contribution in [1.82, 2.24) is 0 Å². The number of nitrogens with two attached hydrogens (primary N) is 1. The molecule has 0 fully saturated rings.